The van der Waals surface area contributed by atoms with Crippen LogP contribution in [0.2, 0.25) is 0 Å². The Kier molecular flexibility index (Phi) is 3.69. The van der Waals surface area contributed by atoms with Gasteiger partial charge in [-0.15, -0.1) is 9.19 Å². The molecule has 1 aromatic carbocycles. The molecule has 0 aliphatic rings. The Labute approximate surface area is 134 Å². The van der Waals surface area contributed by atoms with E-state index in [9.17, 15) is 8.42 Å². The van der Waals surface area contributed by atoms with Gasteiger partial charge in [-0.25, -0.2) is 0 Å². The summed E-state index contributed by atoms with van der Waals surface area (Å²) < 4.78 is 26.9. The molecule has 23 heavy (non-hydrogen) atoms. The topological polar surface area (TPSA) is 90.6 Å². The van der Waals surface area contributed by atoms with Crippen LogP contribution in [-0.4, -0.2) is 33.0 Å². The fourth-order valence-corrected chi connectivity index (χ4v) is 4.24. The molecular weight excluding hydrogens is 314 g/mol. The fourth-order valence-electron chi connectivity index (χ4n) is 2.65. The van der Waals surface area contributed by atoms with E-state index < -0.39 is 10.0 Å². The van der Waals surface area contributed by atoms with Crippen molar-refractivity contribution in [3.8, 4) is 11.5 Å². The molecule has 3 rings (SSSR count). The third kappa shape index (κ3) is 2.61. The van der Waals surface area contributed by atoms with Gasteiger partial charge in [0.2, 0.25) is 5.82 Å². The Morgan fingerprint density at radius 2 is 1.74 bits per heavy atom. The van der Waals surface area contributed by atoms with Crippen LogP contribution in [0.25, 0.3) is 11.5 Å². The highest BCUT2D eigenvalue weighted by molar-refractivity contribution is 7.90. The Morgan fingerprint density at radius 1 is 1.04 bits per heavy atom. The molecule has 2 heterocycles. The van der Waals surface area contributed by atoms with Crippen molar-refractivity contribution < 1.29 is 8.42 Å². The van der Waals surface area contributed by atoms with Crippen molar-refractivity contribution in [2.75, 3.05) is 0 Å². The summed E-state index contributed by atoms with van der Waals surface area (Å²) in [7, 11) is -3.91. The summed E-state index contributed by atoms with van der Waals surface area (Å²) in [5.41, 5.74) is 2.71. The first kappa shape index (κ1) is 15.3. The highest BCUT2D eigenvalue weighted by atomic mass is 32.2. The van der Waals surface area contributed by atoms with Crippen LogP contribution >= 0.6 is 0 Å². The van der Waals surface area contributed by atoms with E-state index in [0.717, 1.165) is 9.65 Å². The lowest BCUT2D eigenvalue weighted by atomic mass is 10.1. The summed E-state index contributed by atoms with van der Waals surface area (Å²) in [4.78, 5) is 4.34. The molecule has 0 saturated carbocycles. The highest BCUT2D eigenvalue weighted by Crippen LogP contribution is 2.25. The van der Waals surface area contributed by atoms with Crippen molar-refractivity contribution in [3.63, 3.8) is 0 Å². The van der Waals surface area contributed by atoms with Gasteiger partial charge in [0.05, 0.1) is 4.90 Å². The van der Waals surface area contributed by atoms with Crippen molar-refractivity contribution in [1.82, 2.24) is 24.6 Å². The number of tetrazole rings is 1. The van der Waals surface area contributed by atoms with Crippen molar-refractivity contribution in [3.05, 3.63) is 53.2 Å². The van der Waals surface area contributed by atoms with Gasteiger partial charge in [0.1, 0.15) is 5.69 Å². The summed E-state index contributed by atoms with van der Waals surface area (Å²) in [5, 5.41) is 11.0. The first-order valence-corrected chi connectivity index (χ1v) is 8.38. The van der Waals surface area contributed by atoms with E-state index in [1.165, 1.54) is 0 Å². The molecule has 0 radical (unpaired) electrons. The summed E-state index contributed by atoms with van der Waals surface area (Å²) in [6.07, 6.45) is 1.56. The van der Waals surface area contributed by atoms with Gasteiger partial charge >= 0.3 is 0 Å². The molecule has 0 aliphatic carbocycles. The molecule has 0 aliphatic heterocycles. The minimum atomic E-state index is -3.91. The minimum absolute atomic E-state index is 0.0879. The van der Waals surface area contributed by atoms with E-state index in [1.807, 2.05) is 19.1 Å². The van der Waals surface area contributed by atoms with E-state index in [4.69, 9.17) is 0 Å². The highest BCUT2D eigenvalue weighted by Gasteiger charge is 2.27. The second-order valence-electron chi connectivity index (χ2n) is 5.29. The number of hydrogen-bond acceptors (Lipinski definition) is 6. The largest absolute Gasteiger partial charge is 0.286 e. The van der Waals surface area contributed by atoms with Crippen LogP contribution in [0.1, 0.15) is 16.7 Å². The molecule has 2 aromatic heterocycles. The van der Waals surface area contributed by atoms with Crippen LogP contribution in [0, 0.1) is 20.8 Å². The van der Waals surface area contributed by atoms with E-state index in [-0.39, 0.29) is 10.7 Å². The normalized spacial score (nSPS) is 11.6. The van der Waals surface area contributed by atoms with Crippen molar-refractivity contribution >= 4 is 10.0 Å². The molecule has 0 unspecified atom stereocenters. The Hall–Kier alpha value is -2.61. The number of rotatable bonds is 3. The smallest absolute Gasteiger partial charge is 0.253 e. The van der Waals surface area contributed by atoms with Gasteiger partial charge in [-0.3, -0.25) is 4.98 Å². The Bertz CT molecular complexity index is 942. The van der Waals surface area contributed by atoms with Crippen LogP contribution in [-0.2, 0) is 10.0 Å². The van der Waals surface area contributed by atoms with Gasteiger partial charge in [0, 0.05) is 6.20 Å². The van der Waals surface area contributed by atoms with Gasteiger partial charge in [-0.05, 0) is 54.5 Å². The fraction of sp³-hybridized carbons (Fsp3) is 0.200. The number of nitrogens with zero attached hydrogens (tertiary/aromatic N) is 5. The molecule has 0 fully saturated rings. The Morgan fingerprint density at radius 3 is 2.35 bits per heavy atom. The lowest BCUT2D eigenvalue weighted by molar-refractivity contribution is 0.576. The van der Waals surface area contributed by atoms with Gasteiger partial charge in [0.25, 0.3) is 10.0 Å². The molecular formula is C15H15N5O2S. The van der Waals surface area contributed by atoms with E-state index in [2.05, 4.69) is 20.5 Å². The summed E-state index contributed by atoms with van der Waals surface area (Å²) in [6, 6.07) is 8.79. The van der Waals surface area contributed by atoms with Gasteiger partial charge in [-0.1, -0.05) is 23.8 Å². The first-order chi connectivity index (χ1) is 10.9. The van der Waals surface area contributed by atoms with Crippen molar-refractivity contribution in [1.29, 1.82) is 0 Å². The summed E-state index contributed by atoms with van der Waals surface area (Å²) >= 11 is 0. The summed E-state index contributed by atoms with van der Waals surface area (Å²) in [6.45, 7) is 5.45. The quantitative estimate of drug-likeness (QED) is 0.729. The zero-order valence-electron chi connectivity index (χ0n) is 12.9. The molecule has 0 atom stereocenters. The first-order valence-electron chi connectivity index (χ1n) is 6.94. The van der Waals surface area contributed by atoms with E-state index in [0.29, 0.717) is 16.8 Å². The average Bonchev–Trinajstić information content (AvgIpc) is 2.97. The second kappa shape index (κ2) is 5.54. The van der Waals surface area contributed by atoms with Gasteiger partial charge in [0.15, 0.2) is 0 Å². The van der Waals surface area contributed by atoms with E-state index in [1.54, 1.807) is 38.2 Å². The lowest BCUT2D eigenvalue weighted by Crippen LogP contribution is -2.19. The standard InChI is InChI=1S/C15H15N5O2S/c1-10-8-11(2)14(12(3)9-10)23(21,22)20-15(17-18-19-20)13-6-4-5-7-16-13/h4-9H,1-3H3. The third-order valence-corrected chi connectivity index (χ3v) is 5.29. The number of aromatic nitrogens is 5. The van der Waals surface area contributed by atoms with Crippen LogP contribution < -0.4 is 0 Å². The SMILES string of the molecule is Cc1cc(C)c(S(=O)(=O)n2nnnc2-c2ccccn2)c(C)c1. The maximum absolute atomic E-state index is 13.0. The zero-order chi connectivity index (χ0) is 16.6. The molecule has 118 valence electrons. The van der Waals surface area contributed by atoms with Crippen LogP contribution in [0.15, 0.2) is 41.4 Å². The number of benzene rings is 1. The monoisotopic (exact) mass is 329 g/mol. The molecule has 0 saturated heterocycles. The predicted molar refractivity (Wildman–Crippen MR) is 84.3 cm³/mol. The van der Waals surface area contributed by atoms with Crippen LogP contribution in [0.5, 0.6) is 0 Å². The molecule has 8 heteroatoms. The van der Waals surface area contributed by atoms with Crippen molar-refractivity contribution in [2.24, 2.45) is 0 Å². The Balaban J connectivity index is 2.23. The lowest BCUT2D eigenvalue weighted by Gasteiger charge is -2.12. The average molecular weight is 329 g/mol. The number of hydrogen-bond donors (Lipinski definition) is 0. The van der Waals surface area contributed by atoms with Crippen molar-refractivity contribution in [2.45, 2.75) is 25.7 Å². The van der Waals surface area contributed by atoms with Crippen LogP contribution in [0.4, 0.5) is 0 Å². The van der Waals surface area contributed by atoms with Gasteiger partial charge in [-0.2, -0.15) is 8.42 Å². The number of pyridine rings is 1. The second-order valence-corrected chi connectivity index (χ2v) is 7.00. The molecule has 0 spiro atoms. The molecule has 0 bridgehead atoms. The molecule has 7 nitrogen and oxygen atoms in total. The third-order valence-electron chi connectivity index (χ3n) is 3.43. The molecule has 3 aromatic rings. The van der Waals surface area contributed by atoms with Crippen LogP contribution in [0.3, 0.4) is 0 Å². The molecule has 0 N–H and O–H groups in total. The maximum atomic E-state index is 13.0. The van der Waals surface area contributed by atoms with Gasteiger partial charge < -0.3 is 0 Å². The summed E-state index contributed by atoms with van der Waals surface area (Å²) in [5.74, 6) is 0.0879. The molecule has 0 amide bonds. The number of aryl methyl sites for hydroxylation is 3. The zero-order valence-corrected chi connectivity index (χ0v) is 13.7. The predicted octanol–water partition coefficient (Wildman–Crippen LogP) is 1.90. The maximum Gasteiger partial charge on any atom is 0.286 e. The minimum Gasteiger partial charge on any atom is -0.253 e. The van der Waals surface area contributed by atoms with E-state index >= 15 is 0 Å².